The minimum Gasteiger partial charge on any atom is -0.393 e. The lowest BCUT2D eigenvalue weighted by Crippen LogP contribution is -2.25. The fourth-order valence-electron chi connectivity index (χ4n) is 1.76. The predicted molar refractivity (Wildman–Crippen MR) is 69.8 cm³/mol. The van der Waals surface area contributed by atoms with Gasteiger partial charge in [0, 0.05) is 18.7 Å². The van der Waals surface area contributed by atoms with Crippen LogP contribution < -0.4 is 0 Å². The van der Waals surface area contributed by atoms with Crippen LogP contribution in [0.1, 0.15) is 31.4 Å². The van der Waals surface area contributed by atoms with Crippen LogP contribution in [0.5, 0.6) is 0 Å². The number of hydrogen-bond donors (Lipinski definition) is 2. The number of nitrogens with zero attached hydrogens (tertiary/aromatic N) is 1. The SMILES string of the molecule is CC(O)CCN(C)CCC(O)c1ccccc1F. The van der Waals surface area contributed by atoms with Gasteiger partial charge in [-0.05, 0) is 32.9 Å². The van der Waals surface area contributed by atoms with Crippen molar-refractivity contribution in [2.24, 2.45) is 0 Å². The normalized spacial score (nSPS) is 14.8. The average Bonchev–Trinajstić information content (AvgIpc) is 2.34. The quantitative estimate of drug-likeness (QED) is 0.782. The molecule has 0 spiro atoms. The molecule has 0 amide bonds. The van der Waals surface area contributed by atoms with Gasteiger partial charge in [0.1, 0.15) is 5.82 Å². The number of halogens is 1. The van der Waals surface area contributed by atoms with Crippen LogP contribution in [-0.2, 0) is 0 Å². The van der Waals surface area contributed by atoms with E-state index in [1.54, 1.807) is 25.1 Å². The Morgan fingerprint density at radius 2 is 1.78 bits per heavy atom. The standard InChI is InChI=1S/C14H22FNO2/c1-11(17)7-9-16(2)10-8-14(18)12-5-3-4-6-13(12)15/h3-6,11,14,17-18H,7-10H2,1-2H3. The number of aliphatic hydroxyl groups is 2. The molecule has 2 unspecified atom stereocenters. The van der Waals surface area contributed by atoms with E-state index in [9.17, 15) is 9.50 Å². The summed E-state index contributed by atoms with van der Waals surface area (Å²) in [5, 5.41) is 19.1. The lowest BCUT2D eigenvalue weighted by Gasteiger charge is -2.19. The number of hydrogen-bond acceptors (Lipinski definition) is 3. The van der Waals surface area contributed by atoms with E-state index in [1.165, 1.54) is 6.07 Å². The zero-order valence-electron chi connectivity index (χ0n) is 11.0. The van der Waals surface area contributed by atoms with Gasteiger partial charge in [-0.3, -0.25) is 0 Å². The Hall–Kier alpha value is -0.970. The summed E-state index contributed by atoms with van der Waals surface area (Å²) in [6.07, 6.45) is 0.0907. The van der Waals surface area contributed by atoms with Gasteiger partial charge in [-0.15, -0.1) is 0 Å². The summed E-state index contributed by atoms with van der Waals surface area (Å²) in [7, 11) is 1.93. The molecule has 1 aromatic carbocycles. The van der Waals surface area contributed by atoms with Gasteiger partial charge >= 0.3 is 0 Å². The van der Waals surface area contributed by atoms with E-state index >= 15 is 0 Å². The molecule has 0 aliphatic heterocycles. The van der Waals surface area contributed by atoms with Gasteiger partial charge in [0.25, 0.3) is 0 Å². The third-order valence-corrected chi connectivity index (χ3v) is 2.98. The zero-order chi connectivity index (χ0) is 13.5. The first-order valence-corrected chi connectivity index (χ1v) is 6.29. The summed E-state index contributed by atoms with van der Waals surface area (Å²) in [5.41, 5.74) is 0.349. The predicted octanol–water partition coefficient (Wildman–Crippen LogP) is 1.95. The highest BCUT2D eigenvalue weighted by Crippen LogP contribution is 2.19. The molecule has 0 aliphatic rings. The van der Waals surface area contributed by atoms with Crippen molar-refractivity contribution in [2.45, 2.75) is 32.0 Å². The van der Waals surface area contributed by atoms with Crippen molar-refractivity contribution in [3.05, 3.63) is 35.6 Å². The Morgan fingerprint density at radius 1 is 1.17 bits per heavy atom. The second kappa shape index (κ2) is 7.46. The first-order valence-electron chi connectivity index (χ1n) is 6.29. The van der Waals surface area contributed by atoms with Gasteiger partial charge in [-0.25, -0.2) is 4.39 Å². The molecular weight excluding hydrogens is 233 g/mol. The minimum atomic E-state index is -0.778. The lowest BCUT2D eigenvalue weighted by atomic mass is 10.1. The van der Waals surface area contributed by atoms with E-state index < -0.39 is 6.10 Å². The van der Waals surface area contributed by atoms with Gasteiger partial charge < -0.3 is 15.1 Å². The Balaban J connectivity index is 2.37. The number of benzene rings is 1. The van der Waals surface area contributed by atoms with Crippen molar-refractivity contribution in [2.75, 3.05) is 20.1 Å². The molecule has 0 heterocycles. The molecule has 0 saturated heterocycles. The third kappa shape index (κ3) is 5.12. The maximum absolute atomic E-state index is 13.4. The van der Waals surface area contributed by atoms with Crippen LogP contribution in [0, 0.1) is 5.82 Å². The third-order valence-electron chi connectivity index (χ3n) is 2.98. The van der Waals surface area contributed by atoms with Crippen molar-refractivity contribution in [1.82, 2.24) is 4.90 Å². The van der Waals surface area contributed by atoms with Crippen LogP contribution in [0.15, 0.2) is 24.3 Å². The Morgan fingerprint density at radius 3 is 2.39 bits per heavy atom. The molecule has 2 N–H and O–H groups in total. The second-order valence-electron chi connectivity index (χ2n) is 4.77. The monoisotopic (exact) mass is 255 g/mol. The van der Waals surface area contributed by atoms with Crippen LogP contribution >= 0.6 is 0 Å². The molecule has 18 heavy (non-hydrogen) atoms. The van der Waals surface area contributed by atoms with Crippen molar-refractivity contribution in [3.8, 4) is 0 Å². The highest BCUT2D eigenvalue weighted by atomic mass is 19.1. The van der Waals surface area contributed by atoms with E-state index in [0.717, 1.165) is 6.54 Å². The molecular formula is C14H22FNO2. The zero-order valence-corrected chi connectivity index (χ0v) is 11.0. The molecule has 0 bridgehead atoms. The van der Waals surface area contributed by atoms with Crippen molar-refractivity contribution < 1.29 is 14.6 Å². The Labute approximate surface area is 108 Å². The van der Waals surface area contributed by atoms with Gasteiger partial charge in [0.15, 0.2) is 0 Å². The van der Waals surface area contributed by atoms with Crippen LogP contribution in [0.3, 0.4) is 0 Å². The Kier molecular flexibility index (Phi) is 6.25. The summed E-state index contributed by atoms with van der Waals surface area (Å²) in [6, 6.07) is 6.30. The molecule has 0 aliphatic carbocycles. The molecule has 1 rings (SSSR count). The van der Waals surface area contributed by atoms with Crippen LogP contribution in [0.2, 0.25) is 0 Å². The van der Waals surface area contributed by atoms with Crippen LogP contribution in [0.25, 0.3) is 0 Å². The molecule has 0 fully saturated rings. The van der Waals surface area contributed by atoms with E-state index in [-0.39, 0.29) is 11.9 Å². The smallest absolute Gasteiger partial charge is 0.128 e. The minimum absolute atomic E-state index is 0.316. The van der Waals surface area contributed by atoms with Gasteiger partial charge in [-0.1, -0.05) is 18.2 Å². The highest BCUT2D eigenvalue weighted by Gasteiger charge is 2.12. The van der Waals surface area contributed by atoms with Gasteiger partial charge in [0.05, 0.1) is 12.2 Å². The van der Waals surface area contributed by atoms with Gasteiger partial charge in [0.2, 0.25) is 0 Å². The van der Waals surface area contributed by atoms with E-state index in [4.69, 9.17) is 5.11 Å². The fraction of sp³-hybridized carbons (Fsp3) is 0.571. The van der Waals surface area contributed by atoms with E-state index in [0.29, 0.717) is 24.9 Å². The highest BCUT2D eigenvalue weighted by molar-refractivity contribution is 5.19. The first kappa shape index (κ1) is 15.1. The molecule has 0 radical (unpaired) electrons. The molecule has 102 valence electrons. The van der Waals surface area contributed by atoms with E-state index in [2.05, 4.69) is 0 Å². The summed E-state index contributed by atoms with van der Waals surface area (Å²) in [4.78, 5) is 2.02. The summed E-state index contributed by atoms with van der Waals surface area (Å²) >= 11 is 0. The molecule has 3 nitrogen and oxygen atoms in total. The first-order chi connectivity index (χ1) is 8.50. The maximum Gasteiger partial charge on any atom is 0.128 e. The van der Waals surface area contributed by atoms with Crippen molar-refractivity contribution in [1.29, 1.82) is 0 Å². The number of rotatable bonds is 7. The molecule has 0 saturated carbocycles. The number of aliphatic hydroxyl groups excluding tert-OH is 2. The largest absolute Gasteiger partial charge is 0.393 e. The fourth-order valence-corrected chi connectivity index (χ4v) is 1.76. The summed E-state index contributed by atoms with van der Waals surface area (Å²) in [5.74, 6) is -0.364. The lowest BCUT2D eigenvalue weighted by molar-refractivity contribution is 0.133. The average molecular weight is 255 g/mol. The summed E-state index contributed by atoms with van der Waals surface area (Å²) in [6.45, 7) is 3.19. The molecule has 2 atom stereocenters. The van der Waals surface area contributed by atoms with E-state index in [1.807, 2.05) is 11.9 Å². The van der Waals surface area contributed by atoms with Crippen molar-refractivity contribution in [3.63, 3.8) is 0 Å². The Bertz CT molecular complexity index is 357. The van der Waals surface area contributed by atoms with Crippen molar-refractivity contribution >= 4 is 0 Å². The summed E-state index contributed by atoms with van der Waals surface area (Å²) < 4.78 is 13.4. The van der Waals surface area contributed by atoms with Gasteiger partial charge in [-0.2, -0.15) is 0 Å². The molecule has 1 aromatic rings. The second-order valence-corrected chi connectivity index (χ2v) is 4.77. The maximum atomic E-state index is 13.4. The topological polar surface area (TPSA) is 43.7 Å². The molecule has 4 heteroatoms. The van der Waals surface area contributed by atoms with Crippen LogP contribution in [0.4, 0.5) is 4.39 Å². The molecule has 0 aromatic heterocycles. The van der Waals surface area contributed by atoms with Crippen LogP contribution in [-0.4, -0.2) is 41.4 Å².